The summed E-state index contributed by atoms with van der Waals surface area (Å²) in [7, 11) is 4.09. The monoisotopic (exact) mass is 148 g/mol. The van der Waals surface area contributed by atoms with Crippen molar-refractivity contribution in [2.24, 2.45) is 0 Å². The Hall–Kier alpha value is -0.980. The zero-order valence-corrected chi connectivity index (χ0v) is 7.33. The lowest BCUT2D eigenvalue weighted by Gasteiger charge is -2.11. The molecule has 0 heterocycles. The summed E-state index contributed by atoms with van der Waals surface area (Å²) in [6.07, 6.45) is 2.10. The third kappa shape index (κ3) is 1.97. The number of hydrogen-bond acceptors (Lipinski definition) is 1. The fourth-order valence-electron chi connectivity index (χ4n) is 0.965. The third-order valence-corrected chi connectivity index (χ3v) is 1.74. The quantitative estimate of drug-likeness (QED) is 0.622. The van der Waals surface area contributed by atoms with E-state index in [2.05, 4.69) is 35.6 Å². The fraction of sp³-hybridized carbons (Fsp3) is 0.300. The van der Waals surface area contributed by atoms with Gasteiger partial charge in [-0.15, -0.1) is 0 Å². The van der Waals surface area contributed by atoms with Crippen LogP contribution in [0.4, 0.5) is 5.69 Å². The molecule has 0 N–H and O–H groups in total. The summed E-state index contributed by atoms with van der Waals surface area (Å²) in [5, 5.41) is 0. The first-order valence-corrected chi connectivity index (χ1v) is 3.81. The molecule has 11 heavy (non-hydrogen) atoms. The Bertz CT molecular complexity index is 211. The van der Waals surface area contributed by atoms with Gasteiger partial charge >= 0.3 is 0 Å². The molecule has 0 bridgehead atoms. The van der Waals surface area contributed by atoms with Gasteiger partial charge in [0.25, 0.3) is 0 Å². The van der Waals surface area contributed by atoms with Gasteiger partial charge in [-0.25, -0.2) is 0 Å². The number of anilines is 1. The summed E-state index contributed by atoms with van der Waals surface area (Å²) in [4.78, 5) is 2.10. The number of benzene rings is 1. The number of rotatable bonds is 2. The lowest BCUT2D eigenvalue weighted by Crippen LogP contribution is -2.07. The van der Waals surface area contributed by atoms with Crippen LogP contribution in [0.5, 0.6) is 0 Å². The molecule has 1 nitrogen and oxygen atoms in total. The van der Waals surface area contributed by atoms with Gasteiger partial charge < -0.3 is 4.90 Å². The molecule has 0 saturated heterocycles. The Morgan fingerprint density at radius 3 is 2.00 bits per heavy atom. The molecule has 0 amide bonds. The molecular weight excluding hydrogens is 134 g/mol. The first kappa shape index (κ1) is 8.12. The highest BCUT2D eigenvalue weighted by atomic mass is 15.1. The largest absolute Gasteiger partial charge is 0.378 e. The molecule has 0 spiro atoms. The lowest BCUT2D eigenvalue weighted by molar-refractivity contribution is 1.13. The average Bonchev–Trinajstić information content (AvgIpc) is 2.05. The summed E-state index contributed by atoms with van der Waals surface area (Å²) < 4.78 is 0. The average molecular weight is 148 g/mol. The maximum Gasteiger partial charge on any atom is 0.0361 e. The summed E-state index contributed by atoms with van der Waals surface area (Å²) in [6, 6.07) is 8.48. The van der Waals surface area contributed by atoms with Crippen LogP contribution >= 0.6 is 0 Å². The van der Waals surface area contributed by atoms with Gasteiger partial charge in [-0.3, -0.25) is 0 Å². The molecule has 1 aromatic rings. The lowest BCUT2D eigenvalue weighted by atomic mass is 10.1. The van der Waals surface area contributed by atoms with Gasteiger partial charge in [0.05, 0.1) is 0 Å². The summed E-state index contributed by atoms with van der Waals surface area (Å²) in [5.41, 5.74) is 2.52. The van der Waals surface area contributed by atoms with Gasteiger partial charge in [0.2, 0.25) is 0 Å². The van der Waals surface area contributed by atoms with Crippen LogP contribution in [0.2, 0.25) is 0 Å². The molecule has 0 aliphatic carbocycles. The van der Waals surface area contributed by atoms with Crippen molar-refractivity contribution in [1.82, 2.24) is 0 Å². The molecule has 0 unspecified atom stereocenters. The van der Waals surface area contributed by atoms with Crippen LogP contribution in [0.3, 0.4) is 0 Å². The smallest absolute Gasteiger partial charge is 0.0361 e. The molecule has 1 radical (unpaired) electrons. The third-order valence-electron chi connectivity index (χ3n) is 1.74. The van der Waals surface area contributed by atoms with E-state index in [4.69, 9.17) is 0 Å². The van der Waals surface area contributed by atoms with Crippen LogP contribution in [-0.4, -0.2) is 14.1 Å². The van der Waals surface area contributed by atoms with Gasteiger partial charge in [-0.2, -0.15) is 0 Å². The highest BCUT2D eigenvalue weighted by Gasteiger charge is 1.93. The van der Waals surface area contributed by atoms with E-state index in [-0.39, 0.29) is 0 Å². The van der Waals surface area contributed by atoms with Gasteiger partial charge in [-0.1, -0.05) is 19.1 Å². The molecule has 1 heteroatoms. The van der Waals surface area contributed by atoms with Crippen molar-refractivity contribution in [2.75, 3.05) is 19.0 Å². The van der Waals surface area contributed by atoms with Crippen LogP contribution in [0.1, 0.15) is 12.5 Å². The van der Waals surface area contributed by atoms with E-state index >= 15 is 0 Å². The molecule has 1 rings (SSSR count). The minimum Gasteiger partial charge on any atom is -0.378 e. The van der Waals surface area contributed by atoms with Crippen molar-refractivity contribution in [3.05, 3.63) is 36.2 Å². The highest BCUT2D eigenvalue weighted by Crippen LogP contribution is 2.12. The SMILES string of the molecule is C[CH]c1ccc(N(C)C)cc1. The van der Waals surface area contributed by atoms with E-state index < -0.39 is 0 Å². The maximum absolute atomic E-state index is 2.12. The molecule has 0 aliphatic rings. The van der Waals surface area contributed by atoms with Gasteiger partial charge in [0, 0.05) is 19.8 Å². The summed E-state index contributed by atoms with van der Waals surface area (Å²) in [6.45, 7) is 2.05. The second-order valence-corrected chi connectivity index (χ2v) is 2.77. The van der Waals surface area contributed by atoms with Crippen molar-refractivity contribution in [3.63, 3.8) is 0 Å². The molecule has 59 valence electrons. The number of nitrogens with zero attached hydrogens (tertiary/aromatic N) is 1. The van der Waals surface area contributed by atoms with Crippen LogP contribution in [-0.2, 0) is 0 Å². The molecule has 0 aliphatic heterocycles. The zero-order chi connectivity index (χ0) is 8.27. The Kier molecular flexibility index (Phi) is 2.53. The molecule has 0 saturated carbocycles. The van der Waals surface area contributed by atoms with E-state index in [1.54, 1.807) is 0 Å². The van der Waals surface area contributed by atoms with Crippen LogP contribution in [0.15, 0.2) is 24.3 Å². The Labute approximate surface area is 68.7 Å². The normalized spacial score (nSPS) is 9.73. The van der Waals surface area contributed by atoms with E-state index in [9.17, 15) is 0 Å². The maximum atomic E-state index is 2.12. The highest BCUT2D eigenvalue weighted by molar-refractivity contribution is 5.46. The van der Waals surface area contributed by atoms with Gasteiger partial charge in [0.1, 0.15) is 0 Å². The van der Waals surface area contributed by atoms with Crippen molar-refractivity contribution >= 4 is 5.69 Å². The summed E-state index contributed by atoms with van der Waals surface area (Å²) >= 11 is 0. The molecule has 0 atom stereocenters. The van der Waals surface area contributed by atoms with Crippen molar-refractivity contribution in [2.45, 2.75) is 6.92 Å². The van der Waals surface area contributed by atoms with Crippen molar-refractivity contribution in [3.8, 4) is 0 Å². The second-order valence-electron chi connectivity index (χ2n) is 2.77. The van der Waals surface area contributed by atoms with Crippen LogP contribution in [0.25, 0.3) is 0 Å². The molecule has 0 fully saturated rings. The van der Waals surface area contributed by atoms with E-state index in [1.165, 1.54) is 11.3 Å². The predicted molar refractivity (Wildman–Crippen MR) is 49.8 cm³/mol. The first-order chi connectivity index (χ1) is 5.24. The van der Waals surface area contributed by atoms with E-state index in [0.717, 1.165) is 0 Å². The first-order valence-electron chi connectivity index (χ1n) is 3.81. The molecule has 1 aromatic carbocycles. The Morgan fingerprint density at radius 2 is 1.64 bits per heavy atom. The van der Waals surface area contributed by atoms with E-state index in [1.807, 2.05) is 21.0 Å². The Balaban J connectivity index is 2.83. The zero-order valence-electron chi connectivity index (χ0n) is 7.33. The minimum absolute atomic E-state index is 1.25. The fourth-order valence-corrected chi connectivity index (χ4v) is 0.965. The van der Waals surface area contributed by atoms with Crippen LogP contribution < -0.4 is 4.90 Å². The predicted octanol–water partition coefficient (Wildman–Crippen LogP) is 2.32. The Morgan fingerprint density at radius 1 is 1.09 bits per heavy atom. The molecule has 0 aromatic heterocycles. The topological polar surface area (TPSA) is 3.24 Å². The van der Waals surface area contributed by atoms with Crippen molar-refractivity contribution < 1.29 is 0 Å². The second kappa shape index (κ2) is 3.42. The standard InChI is InChI=1S/C10H14N/c1-4-9-5-7-10(8-6-9)11(2)3/h4-8H,1-3H3. The van der Waals surface area contributed by atoms with Gasteiger partial charge in [0.15, 0.2) is 0 Å². The minimum atomic E-state index is 1.25. The van der Waals surface area contributed by atoms with Crippen molar-refractivity contribution in [1.29, 1.82) is 0 Å². The van der Waals surface area contributed by atoms with E-state index in [0.29, 0.717) is 0 Å². The van der Waals surface area contributed by atoms with Crippen LogP contribution in [0, 0.1) is 6.42 Å². The molecular formula is C10H14N. The summed E-state index contributed by atoms with van der Waals surface area (Å²) in [5.74, 6) is 0. The number of hydrogen-bond donors (Lipinski definition) is 0. The van der Waals surface area contributed by atoms with Gasteiger partial charge in [-0.05, 0) is 24.1 Å².